The number of carboxylic acid groups (broad SMARTS) is 1. The van der Waals surface area contributed by atoms with Gasteiger partial charge in [-0.25, -0.2) is 0 Å². The van der Waals surface area contributed by atoms with Crippen LogP contribution in [0.2, 0.25) is 0 Å². The van der Waals surface area contributed by atoms with Gasteiger partial charge in [0.2, 0.25) is 11.8 Å². The highest BCUT2D eigenvalue weighted by atomic mass is 16.4. The quantitative estimate of drug-likeness (QED) is 0.755. The van der Waals surface area contributed by atoms with Crippen LogP contribution in [0.4, 0.5) is 0 Å². The summed E-state index contributed by atoms with van der Waals surface area (Å²) < 4.78 is 0. The number of rotatable bonds is 4. The van der Waals surface area contributed by atoms with E-state index in [0.29, 0.717) is 19.3 Å². The van der Waals surface area contributed by atoms with Crippen molar-refractivity contribution in [3.8, 4) is 0 Å². The second-order valence-electron chi connectivity index (χ2n) is 5.34. The Morgan fingerprint density at radius 3 is 2.18 bits per heavy atom. The molecule has 1 aliphatic heterocycles. The fraction of sp³-hybridized carbons (Fsp3) is 0.750. The summed E-state index contributed by atoms with van der Waals surface area (Å²) in [6, 6.07) is -0.511. The molecule has 5 heteroatoms. The minimum atomic E-state index is -0.984. The monoisotopic (exact) mass is 241 g/mol. The van der Waals surface area contributed by atoms with E-state index in [1.165, 1.54) is 0 Å². The number of carbonyl (C=O) groups excluding carboxylic acids is 2. The Morgan fingerprint density at radius 1 is 1.35 bits per heavy atom. The molecule has 2 amide bonds. The SMILES string of the molecule is CCC(CC(=O)O)N1C(=O)CC(C)(C)CC1=O. The van der Waals surface area contributed by atoms with E-state index < -0.39 is 12.0 Å². The third kappa shape index (κ3) is 3.28. The van der Waals surface area contributed by atoms with Gasteiger partial charge in [0.25, 0.3) is 0 Å². The van der Waals surface area contributed by atoms with Crippen LogP contribution in [0.5, 0.6) is 0 Å². The zero-order valence-corrected chi connectivity index (χ0v) is 10.5. The third-order valence-corrected chi connectivity index (χ3v) is 3.04. The van der Waals surface area contributed by atoms with Crippen LogP contribution in [0.15, 0.2) is 0 Å². The Balaban J connectivity index is 2.85. The van der Waals surface area contributed by atoms with Gasteiger partial charge in [-0.15, -0.1) is 0 Å². The molecule has 1 saturated heterocycles. The maximum atomic E-state index is 11.9. The van der Waals surface area contributed by atoms with Crippen molar-refractivity contribution in [2.24, 2.45) is 5.41 Å². The number of carboxylic acids is 1. The van der Waals surface area contributed by atoms with Crippen LogP contribution in [-0.2, 0) is 14.4 Å². The van der Waals surface area contributed by atoms with Gasteiger partial charge in [-0.1, -0.05) is 20.8 Å². The van der Waals surface area contributed by atoms with Gasteiger partial charge in [-0.3, -0.25) is 19.3 Å². The largest absolute Gasteiger partial charge is 0.481 e. The second-order valence-corrected chi connectivity index (χ2v) is 5.34. The van der Waals surface area contributed by atoms with Gasteiger partial charge in [0.05, 0.1) is 6.42 Å². The van der Waals surface area contributed by atoms with Crippen LogP contribution in [-0.4, -0.2) is 33.8 Å². The first-order valence-electron chi connectivity index (χ1n) is 5.83. The van der Waals surface area contributed by atoms with E-state index in [0.717, 1.165) is 4.90 Å². The van der Waals surface area contributed by atoms with E-state index in [-0.39, 0.29) is 23.7 Å². The van der Waals surface area contributed by atoms with Crippen molar-refractivity contribution in [3.05, 3.63) is 0 Å². The number of imide groups is 1. The summed E-state index contributed by atoms with van der Waals surface area (Å²) in [5, 5.41) is 8.77. The number of hydrogen-bond acceptors (Lipinski definition) is 3. The van der Waals surface area contributed by atoms with E-state index >= 15 is 0 Å². The third-order valence-electron chi connectivity index (χ3n) is 3.04. The van der Waals surface area contributed by atoms with Crippen molar-refractivity contribution in [1.29, 1.82) is 0 Å². The van der Waals surface area contributed by atoms with Crippen molar-refractivity contribution in [3.63, 3.8) is 0 Å². The molecular weight excluding hydrogens is 222 g/mol. The normalized spacial score (nSPS) is 21.5. The molecule has 1 fully saturated rings. The van der Waals surface area contributed by atoms with Crippen LogP contribution in [0.1, 0.15) is 46.5 Å². The van der Waals surface area contributed by atoms with Crippen molar-refractivity contribution >= 4 is 17.8 Å². The van der Waals surface area contributed by atoms with Crippen molar-refractivity contribution < 1.29 is 19.5 Å². The summed E-state index contributed by atoms with van der Waals surface area (Å²) in [7, 11) is 0. The van der Waals surface area contributed by atoms with Gasteiger partial charge in [0, 0.05) is 18.9 Å². The highest BCUT2D eigenvalue weighted by molar-refractivity contribution is 5.99. The maximum Gasteiger partial charge on any atom is 0.305 e. The Labute approximate surface area is 101 Å². The van der Waals surface area contributed by atoms with Gasteiger partial charge in [-0.05, 0) is 11.8 Å². The molecule has 5 nitrogen and oxygen atoms in total. The van der Waals surface area contributed by atoms with Crippen molar-refractivity contribution in [2.75, 3.05) is 0 Å². The van der Waals surface area contributed by atoms with Gasteiger partial charge in [0.15, 0.2) is 0 Å². The predicted molar refractivity (Wildman–Crippen MR) is 61.2 cm³/mol. The lowest BCUT2D eigenvalue weighted by molar-refractivity contribution is -0.156. The molecule has 0 aliphatic carbocycles. The fourth-order valence-electron chi connectivity index (χ4n) is 2.22. The second kappa shape index (κ2) is 4.85. The van der Waals surface area contributed by atoms with Gasteiger partial charge < -0.3 is 5.11 Å². The standard InChI is InChI=1S/C12H19NO4/c1-4-8(5-11(16)17)13-9(14)6-12(2,3)7-10(13)15/h8H,4-7H2,1-3H3,(H,16,17). The van der Waals surface area contributed by atoms with Gasteiger partial charge in [-0.2, -0.15) is 0 Å². The smallest absolute Gasteiger partial charge is 0.305 e. The number of nitrogens with zero attached hydrogens (tertiary/aromatic N) is 1. The van der Waals surface area contributed by atoms with Gasteiger partial charge in [0.1, 0.15) is 0 Å². The molecule has 1 unspecified atom stereocenters. The Bertz CT molecular complexity index is 328. The van der Waals surface area contributed by atoms with Crippen LogP contribution in [0.3, 0.4) is 0 Å². The first-order valence-corrected chi connectivity index (χ1v) is 5.83. The first-order chi connectivity index (χ1) is 7.76. The molecule has 0 spiro atoms. The van der Waals surface area contributed by atoms with E-state index in [4.69, 9.17) is 5.11 Å². The molecule has 1 atom stereocenters. The summed E-state index contributed by atoms with van der Waals surface area (Å²) in [4.78, 5) is 35.7. The molecule has 96 valence electrons. The summed E-state index contributed by atoms with van der Waals surface area (Å²) in [5.74, 6) is -1.49. The number of piperidine rings is 1. The molecule has 1 rings (SSSR count). The number of amides is 2. The Morgan fingerprint density at radius 2 is 1.82 bits per heavy atom. The van der Waals surface area contributed by atoms with Crippen LogP contribution < -0.4 is 0 Å². The molecule has 1 aliphatic rings. The topological polar surface area (TPSA) is 74.7 Å². The molecule has 1 N–H and O–H groups in total. The molecule has 0 bridgehead atoms. The minimum absolute atomic E-state index is 0.172. The highest BCUT2D eigenvalue weighted by Gasteiger charge is 2.40. The Hall–Kier alpha value is -1.39. The zero-order chi connectivity index (χ0) is 13.2. The zero-order valence-electron chi connectivity index (χ0n) is 10.5. The number of carbonyl (C=O) groups is 3. The van der Waals surface area contributed by atoms with E-state index in [1.807, 2.05) is 13.8 Å². The van der Waals surface area contributed by atoms with E-state index in [2.05, 4.69) is 0 Å². The molecular formula is C12H19NO4. The fourth-order valence-corrected chi connectivity index (χ4v) is 2.22. The summed E-state index contributed by atoms with van der Waals surface area (Å²) in [6.45, 7) is 5.53. The summed E-state index contributed by atoms with van der Waals surface area (Å²) in [5.41, 5.74) is -0.313. The average Bonchev–Trinajstić information content (AvgIpc) is 2.12. The maximum absolute atomic E-state index is 11.9. The predicted octanol–water partition coefficient (Wildman–Crippen LogP) is 1.41. The lowest BCUT2D eigenvalue weighted by Crippen LogP contribution is -2.51. The number of likely N-dealkylation sites (tertiary alicyclic amines) is 1. The lowest BCUT2D eigenvalue weighted by Gasteiger charge is -2.38. The summed E-state index contributed by atoms with van der Waals surface area (Å²) in [6.07, 6.45) is 0.905. The van der Waals surface area contributed by atoms with Gasteiger partial charge >= 0.3 is 5.97 Å². The van der Waals surface area contributed by atoms with Crippen LogP contribution in [0, 0.1) is 5.41 Å². The number of aliphatic carboxylic acids is 1. The van der Waals surface area contributed by atoms with E-state index in [9.17, 15) is 14.4 Å². The average molecular weight is 241 g/mol. The molecule has 17 heavy (non-hydrogen) atoms. The Kier molecular flexibility index (Phi) is 3.91. The van der Waals surface area contributed by atoms with Crippen LogP contribution >= 0.6 is 0 Å². The lowest BCUT2D eigenvalue weighted by atomic mass is 9.81. The van der Waals surface area contributed by atoms with Crippen molar-refractivity contribution in [2.45, 2.75) is 52.5 Å². The molecule has 0 aromatic heterocycles. The number of hydrogen-bond donors (Lipinski definition) is 1. The molecule has 0 aromatic rings. The van der Waals surface area contributed by atoms with Crippen molar-refractivity contribution in [1.82, 2.24) is 4.90 Å². The molecule has 1 heterocycles. The molecule has 0 saturated carbocycles. The highest BCUT2D eigenvalue weighted by Crippen LogP contribution is 2.33. The molecule has 0 aromatic carbocycles. The minimum Gasteiger partial charge on any atom is -0.481 e. The molecule has 0 radical (unpaired) electrons. The summed E-state index contributed by atoms with van der Waals surface area (Å²) >= 11 is 0. The van der Waals surface area contributed by atoms with Crippen LogP contribution in [0.25, 0.3) is 0 Å². The van der Waals surface area contributed by atoms with E-state index in [1.54, 1.807) is 6.92 Å². The first kappa shape index (κ1) is 13.7.